The van der Waals surface area contributed by atoms with Gasteiger partial charge in [-0.2, -0.15) is 0 Å². The molecule has 1 heterocycles. The molecule has 0 fully saturated rings. The Labute approximate surface area is 112 Å². The van der Waals surface area contributed by atoms with Gasteiger partial charge in [0.2, 0.25) is 0 Å². The molecule has 0 unspecified atom stereocenters. The number of aromatic nitrogens is 2. The molecule has 0 bridgehead atoms. The van der Waals surface area contributed by atoms with E-state index in [1.54, 1.807) is 0 Å². The average molecular weight is 255 g/mol. The Hall–Kier alpha value is -2.23. The van der Waals surface area contributed by atoms with Crippen LogP contribution in [0.4, 0.5) is 0 Å². The van der Waals surface area contributed by atoms with Crippen molar-refractivity contribution in [2.24, 2.45) is 0 Å². The van der Waals surface area contributed by atoms with E-state index < -0.39 is 0 Å². The first kappa shape index (κ1) is 13.2. The van der Waals surface area contributed by atoms with E-state index in [0.29, 0.717) is 23.5 Å². The molecule has 0 saturated heterocycles. The summed E-state index contributed by atoms with van der Waals surface area (Å²) in [5, 5.41) is 2.90. The SMILES string of the molecule is Cc1ccc(CNC(=O)c2c(C)ncnc2C)cc1. The zero-order valence-corrected chi connectivity index (χ0v) is 11.4. The number of hydrogen-bond donors (Lipinski definition) is 1. The summed E-state index contributed by atoms with van der Waals surface area (Å²) < 4.78 is 0. The fraction of sp³-hybridized carbons (Fsp3) is 0.267. The lowest BCUT2D eigenvalue weighted by Crippen LogP contribution is -2.25. The predicted molar refractivity (Wildman–Crippen MR) is 73.9 cm³/mol. The highest BCUT2D eigenvalue weighted by Crippen LogP contribution is 2.08. The normalized spacial score (nSPS) is 10.3. The summed E-state index contributed by atoms with van der Waals surface area (Å²) in [4.78, 5) is 20.2. The first-order chi connectivity index (χ1) is 9.08. The van der Waals surface area contributed by atoms with E-state index in [-0.39, 0.29) is 5.91 Å². The van der Waals surface area contributed by atoms with Crippen molar-refractivity contribution in [3.05, 3.63) is 58.7 Å². The van der Waals surface area contributed by atoms with Crippen LogP contribution >= 0.6 is 0 Å². The van der Waals surface area contributed by atoms with Gasteiger partial charge in [-0.15, -0.1) is 0 Å². The van der Waals surface area contributed by atoms with Crippen LogP contribution in [-0.4, -0.2) is 15.9 Å². The minimum Gasteiger partial charge on any atom is -0.348 e. The maximum atomic E-state index is 12.1. The van der Waals surface area contributed by atoms with Gasteiger partial charge in [0.25, 0.3) is 5.91 Å². The highest BCUT2D eigenvalue weighted by molar-refractivity contribution is 5.96. The number of nitrogens with zero attached hydrogens (tertiary/aromatic N) is 2. The summed E-state index contributed by atoms with van der Waals surface area (Å²) in [7, 11) is 0. The number of amides is 1. The van der Waals surface area contributed by atoms with Crippen LogP contribution in [0.1, 0.15) is 32.9 Å². The lowest BCUT2D eigenvalue weighted by atomic mass is 10.1. The number of carbonyl (C=O) groups is 1. The second kappa shape index (κ2) is 5.61. The van der Waals surface area contributed by atoms with Gasteiger partial charge < -0.3 is 5.32 Å². The van der Waals surface area contributed by atoms with Crippen molar-refractivity contribution in [1.29, 1.82) is 0 Å². The summed E-state index contributed by atoms with van der Waals surface area (Å²) in [5.74, 6) is -0.129. The van der Waals surface area contributed by atoms with E-state index in [9.17, 15) is 4.79 Å². The van der Waals surface area contributed by atoms with Gasteiger partial charge in [-0.05, 0) is 26.3 Å². The molecule has 1 aromatic heterocycles. The van der Waals surface area contributed by atoms with Crippen LogP contribution in [0.25, 0.3) is 0 Å². The number of hydrogen-bond acceptors (Lipinski definition) is 3. The van der Waals surface area contributed by atoms with Crippen molar-refractivity contribution >= 4 is 5.91 Å². The molecule has 0 aliphatic rings. The molecule has 4 nitrogen and oxygen atoms in total. The van der Waals surface area contributed by atoms with Crippen molar-refractivity contribution in [1.82, 2.24) is 15.3 Å². The lowest BCUT2D eigenvalue weighted by Gasteiger charge is -2.09. The van der Waals surface area contributed by atoms with Crippen molar-refractivity contribution in [3.63, 3.8) is 0 Å². The Morgan fingerprint density at radius 3 is 2.21 bits per heavy atom. The third-order valence-corrected chi connectivity index (χ3v) is 3.03. The van der Waals surface area contributed by atoms with Gasteiger partial charge in [-0.25, -0.2) is 9.97 Å². The van der Waals surface area contributed by atoms with Crippen LogP contribution in [-0.2, 0) is 6.54 Å². The van der Waals surface area contributed by atoms with Gasteiger partial charge in [0.05, 0.1) is 17.0 Å². The third kappa shape index (κ3) is 3.16. The van der Waals surface area contributed by atoms with Crippen molar-refractivity contribution in [2.45, 2.75) is 27.3 Å². The van der Waals surface area contributed by atoms with E-state index in [1.165, 1.54) is 11.9 Å². The number of nitrogens with one attached hydrogen (secondary N) is 1. The average Bonchev–Trinajstić information content (AvgIpc) is 2.38. The molecule has 19 heavy (non-hydrogen) atoms. The van der Waals surface area contributed by atoms with E-state index in [1.807, 2.05) is 45.0 Å². The van der Waals surface area contributed by atoms with Gasteiger partial charge in [0.15, 0.2) is 0 Å². The molecule has 2 rings (SSSR count). The van der Waals surface area contributed by atoms with Crippen LogP contribution in [0.5, 0.6) is 0 Å². The van der Waals surface area contributed by atoms with Crippen LogP contribution in [0, 0.1) is 20.8 Å². The zero-order chi connectivity index (χ0) is 13.8. The Bertz CT molecular complexity index is 571. The van der Waals surface area contributed by atoms with Gasteiger partial charge >= 0.3 is 0 Å². The Morgan fingerprint density at radius 1 is 1.05 bits per heavy atom. The molecule has 4 heteroatoms. The smallest absolute Gasteiger partial charge is 0.255 e. The Morgan fingerprint density at radius 2 is 1.63 bits per heavy atom. The highest BCUT2D eigenvalue weighted by Gasteiger charge is 2.13. The van der Waals surface area contributed by atoms with Crippen molar-refractivity contribution in [3.8, 4) is 0 Å². The maximum absolute atomic E-state index is 12.1. The first-order valence-electron chi connectivity index (χ1n) is 6.20. The third-order valence-electron chi connectivity index (χ3n) is 3.03. The molecule has 2 aromatic rings. The molecule has 0 saturated carbocycles. The lowest BCUT2D eigenvalue weighted by molar-refractivity contribution is 0.0948. The molecule has 1 aromatic carbocycles. The first-order valence-corrected chi connectivity index (χ1v) is 6.20. The quantitative estimate of drug-likeness (QED) is 0.915. The summed E-state index contributed by atoms with van der Waals surface area (Å²) >= 11 is 0. The van der Waals surface area contributed by atoms with E-state index >= 15 is 0 Å². The largest absolute Gasteiger partial charge is 0.348 e. The van der Waals surface area contributed by atoms with Crippen molar-refractivity contribution < 1.29 is 4.79 Å². The molecule has 0 spiro atoms. The van der Waals surface area contributed by atoms with Crippen LogP contribution in [0.15, 0.2) is 30.6 Å². The molecular formula is C15H17N3O. The summed E-state index contributed by atoms with van der Waals surface area (Å²) in [6.45, 7) is 6.17. The number of rotatable bonds is 3. The van der Waals surface area contributed by atoms with E-state index in [2.05, 4.69) is 15.3 Å². The topological polar surface area (TPSA) is 54.9 Å². The molecule has 0 atom stereocenters. The zero-order valence-electron chi connectivity index (χ0n) is 11.4. The minimum atomic E-state index is -0.129. The molecule has 0 aliphatic heterocycles. The van der Waals surface area contributed by atoms with Gasteiger partial charge in [0.1, 0.15) is 6.33 Å². The highest BCUT2D eigenvalue weighted by atomic mass is 16.1. The van der Waals surface area contributed by atoms with Gasteiger partial charge in [0, 0.05) is 6.54 Å². The van der Waals surface area contributed by atoms with Gasteiger partial charge in [-0.3, -0.25) is 4.79 Å². The van der Waals surface area contributed by atoms with Crippen LogP contribution in [0.3, 0.4) is 0 Å². The van der Waals surface area contributed by atoms with Crippen LogP contribution in [0.2, 0.25) is 0 Å². The molecule has 1 amide bonds. The second-order valence-electron chi connectivity index (χ2n) is 4.59. The van der Waals surface area contributed by atoms with Gasteiger partial charge in [-0.1, -0.05) is 29.8 Å². The van der Waals surface area contributed by atoms with E-state index in [0.717, 1.165) is 5.56 Å². The standard InChI is InChI=1S/C15H17N3O/c1-10-4-6-13(7-5-10)8-16-15(19)14-11(2)17-9-18-12(14)3/h4-7,9H,8H2,1-3H3,(H,16,19). The Balaban J connectivity index is 2.07. The minimum absolute atomic E-state index is 0.129. The fourth-order valence-electron chi connectivity index (χ4n) is 1.90. The number of carbonyl (C=O) groups excluding carboxylic acids is 1. The Kier molecular flexibility index (Phi) is 3.90. The molecular weight excluding hydrogens is 238 g/mol. The summed E-state index contributed by atoms with van der Waals surface area (Å²) in [6.07, 6.45) is 1.47. The summed E-state index contributed by atoms with van der Waals surface area (Å²) in [6, 6.07) is 8.08. The summed E-state index contributed by atoms with van der Waals surface area (Å²) in [5.41, 5.74) is 4.25. The van der Waals surface area contributed by atoms with Crippen LogP contribution < -0.4 is 5.32 Å². The number of benzene rings is 1. The molecule has 0 aliphatic carbocycles. The van der Waals surface area contributed by atoms with E-state index in [4.69, 9.17) is 0 Å². The fourth-order valence-corrected chi connectivity index (χ4v) is 1.90. The molecule has 1 N–H and O–H groups in total. The monoisotopic (exact) mass is 255 g/mol. The predicted octanol–water partition coefficient (Wildman–Crippen LogP) is 2.33. The molecule has 0 radical (unpaired) electrons. The molecule has 98 valence electrons. The maximum Gasteiger partial charge on any atom is 0.255 e. The van der Waals surface area contributed by atoms with Crippen molar-refractivity contribution in [2.75, 3.05) is 0 Å². The number of aryl methyl sites for hydroxylation is 3. The second-order valence-corrected chi connectivity index (χ2v) is 4.59.